The molecule has 0 N–H and O–H groups in total. The average Bonchev–Trinajstić information content (AvgIpc) is 2.55. The van der Waals surface area contributed by atoms with Crippen molar-refractivity contribution in [3.8, 4) is 0 Å². The van der Waals surface area contributed by atoms with Gasteiger partial charge >= 0.3 is 0 Å². The minimum atomic E-state index is 0. The first kappa shape index (κ1) is 13.9. The van der Waals surface area contributed by atoms with Gasteiger partial charge in [0.15, 0.2) is 6.29 Å². The van der Waals surface area contributed by atoms with Crippen molar-refractivity contribution in [2.45, 2.75) is 6.42 Å². The Morgan fingerprint density at radius 3 is 2.87 bits per heavy atom. The number of likely N-dealkylation sites (N-methyl/N-ethyl adjacent to an activating group) is 1. The Hall–Kier alpha value is -1.13. The van der Waals surface area contributed by atoms with Gasteiger partial charge < -0.3 is 9.69 Å². The summed E-state index contributed by atoms with van der Waals surface area (Å²) in [5, 5.41) is 3.96. The number of hydrogen-bond donors (Lipinski definition) is 0. The summed E-state index contributed by atoms with van der Waals surface area (Å²) in [5.41, 5.74) is 1.29. The maximum absolute atomic E-state index is 10.6. The molecule has 0 aliphatic heterocycles. The molecular formula is C9H12MnN3O2-. The molecule has 0 aromatic carbocycles. The van der Waals surface area contributed by atoms with E-state index in [4.69, 9.17) is 0 Å². The molecular weight excluding hydrogens is 237 g/mol. The molecule has 0 bridgehead atoms. The zero-order valence-electron chi connectivity index (χ0n) is 8.61. The molecule has 1 amide bonds. The number of carbonyl (C=O) groups excluding carboxylic acids is 2. The molecule has 0 atom stereocenters. The van der Waals surface area contributed by atoms with Gasteiger partial charge in [-0.1, -0.05) is 0 Å². The minimum absolute atomic E-state index is 0. The van der Waals surface area contributed by atoms with Crippen molar-refractivity contribution < 1.29 is 26.7 Å². The third-order valence-corrected chi connectivity index (χ3v) is 1.92. The van der Waals surface area contributed by atoms with E-state index in [1.54, 1.807) is 31.4 Å². The van der Waals surface area contributed by atoms with E-state index >= 15 is 0 Å². The van der Waals surface area contributed by atoms with Gasteiger partial charge in [-0.2, -0.15) is 11.5 Å². The minimum Gasteiger partial charge on any atom is -0.520 e. The number of hydrogen-bond acceptors (Lipinski definition) is 3. The van der Waals surface area contributed by atoms with E-state index in [1.165, 1.54) is 4.90 Å². The van der Waals surface area contributed by atoms with E-state index in [9.17, 15) is 9.59 Å². The number of aryl methyl sites for hydroxylation is 1. The summed E-state index contributed by atoms with van der Waals surface area (Å²) in [5.74, 6) is 0. The number of aromatic nitrogens is 2. The van der Waals surface area contributed by atoms with Crippen LogP contribution in [0, 0.1) is 0 Å². The Morgan fingerprint density at radius 2 is 2.33 bits per heavy atom. The standard InChI is InChI=1S/C9H12N3O2.Mn/c1-11(7-14)4-3-8-5-12(2)10-9(8)6-13;/h5-6H,3-4H2,1-2H3;/q-1;. The molecule has 0 aliphatic carbocycles. The third-order valence-electron chi connectivity index (χ3n) is 1.92. The van der Waals surface area contributed by atoms with Gasteiger partial charge in [-0.05, 0) is 20.0 Å². The average molecular weight is 249 g/mol. The Bertz CT molecular complexity index is 338. The first-order chi connectivity index (χ1) is 6.67. The van der Waals surface area contributed by atoms with Gasteiger partial charge in [-0.25, -0.2) is 0 Å². The molecule has 1 aromatic rings. The Morgan fingerprint density at radius 1 is 1.67 bits per heavy atom. The molecule has 1 aromatic heterocycles. The molecule has 0 spiro atoms. The fraction of sp³-hybridized carbons (Fsp3) is 0.444. The molecule has 0 fully saturated rings. The SMILES string of the molecule is CN([C-]=O)CCc1cn(C)nc1C=O.[Mn]. The van der Waals surface area contributed by atoms with E-state index < -0.39 is 0 Å². The van der Waals surface area contributed by atoms with Crippen LogP contribution in [0.5, 0.6) is 0 Å². The largest absolute Gasteiger partial charge is 0.520 e. The van der Waals surface area contributed by atoms with Gasteiger partial charge in [0.25, 0.3) is 0 Å². The smallest absolute Gasteiger partial charge is 0.170 e. The molecule has 1 heterocycles. The normalized spacial score (nSPS) is 9.20. The topological polar surface area (TPSA) is 55.2 Å². The maximum atomic E-state index is 10.6. The van der Waals surface area contributed by atoms with Gasteiger partial charge in [0.1, 0.15) is 5.69 Å². The van der Waals surface area contributed by atoms with Crippen molar-refractivity contribution in [3.63, 3.8) is 0 Å². The number of aldehydes is 1. The van der Waals surface area contributed by atoms with Gasteiger partial charge in [-0.3, -0.25) is 9.48 Å². The predicted octanol–water partition coefficient (Wildman–Crippen LogP) is -0.228. The number of rotatable bonds is 5. The fourth-order valence-corrected chi connectivity index (χ4v) is 1.18. The fourth-order valence-electron chi connectivity index (χ4n) is 1.18. The van der Waals surface area contributed by atoms with E-state index in [0.29, 0.717) is 18.7 Å². The van der Waals surface area contributed by atoms with Gasteiger partial charge in [0, 0.05) is 35.9 Å². The van der Waals surface area contributed by atoms with Crippen LogP contribution in [0.4, 0.5) is 0 Å². The van der Waals surface area contributed by atoms with Crippen molar-refractivity contribution >= 4 is 12.7 Å². The van der Waals surface area contributed by atoms with Gasteiger partial charge in [0.05, 0.1) is 0 Å². The molecule has 0 aliphatic rings. The van der Waals surface area contributed by atoms with Crippen molar-refractivity contribution in [1.29, 1.82) is 0 Å². The molecule has 0 saturated heterocycles. The van der Waals surface area contributed by atoms with E-state index in [2.05, 4.69) is 5.10 Å². The van der Waals surface area contributed by atoms with Crippen molar-refractivity contribution in [2.24, 2.45) is 7.05 Å². The van der Waals surface area contributed by atoms with E-state index in [1.807, 2.05) is 0 Å². The summed E-state index contributed by atoms with van der Waals surface area (Å²) in [7, 11) is 3.40. The zero-order chi connectivity index (χ0) is 10.6. The predicted molar refractivity (Wildman–Crippen MR) is 50.6 cm³/mol. The summed E-state index contributed by atoms with van der Waals surface area (Å²) in [6.07, 6.45) is 4.87. The Labute approximate surface area is 98.9 Å². The third kappa shape index (κ3) is 3.85. The second-order valence-corrected chi connectivity index (χ2v) is 3.09. The summed E-state index contributed by atoms with van der Waals surface area (Å²) < 4.78 is 1.59. The quantitative estimate of drug-likeness (QED) is 0.313. The van der Waals surface area contributed by atoms with E-state index in [0.717, 1.165) is 11.8 Å². The van der Waals surface area contributed by atoms with Crippen molar-refractivity contribution in [3.05, 3.63) is 17.5 Å². The van der Waals surface area contributed by atoms with Crippen LogP contribution >= 0.6 is 0 Å². The van der Waals surface area contributed by atoms with Crippen LogP contribution in [0.25, 0.3) is 0 Å². The van der Waals surface area contributed by atoms with Gasteiger partial charge in [-0.15, -0.1) is 0 Å². The summed E-state index contributed by atoms with van der Waals surface area (Å²) in [6.45, 7) is 0.538. The second kappa shape index (κ2) is 6.37. The second-order valence-electron chi connectivity index (χ2n) is 3.09. The Kier molecular flexibility index (Phi) is 5.89. The Balaban J connectivity index is 0.00000196. The molecule has 15 heavy (non-hydrogen) atoms. The van der Waals surface area contributed by atoms with Gasteiger partial charge in [0.2, 0.25) is 0 Å². The first-order valence-electron chi connectivity index (χ1n) is 4.24. The molecule has 5 nitrogen and oxygen atoms in total. The zero-order valence-corrected chi connectivity index (χ0v) is 9.79. The molecule has 83 valence electrons. The van der Waals surface area contributed by atoms with Crippen molar-refractivity contribution in [2.75, 3.05) is 13.6 Å². The number of nitrogens with zero attached hydrogens (tertiary/aromatic N) is 3. The summed E-state index contributed by atoms with van der Waals surface area (Å²) in [4.78, 5) is 22.2. The molecule has 1 rings (SSSR count). The van der Waals surface area contributed by atoms with Crippen LogP contribution in [-0.2, 0) is 35.3 Å². The number of amides is 1. The van der Waals surface area contributed by atoms with Crippen LogP contribution in [0.1, 0.15) is 16.1 Å². The molecule has 6 heteroatoms. The maximum Gasteiger partial charge on any atom is 0.170 e. The number of carbonyl (C=O) groups is 1. The van der Waals surface area contributed by atoms with E-state index in [-0.39, 0.29) is 17.1 Å². The summed E-state index contributed by atoms with van der Waals surface area (Å²) >= 11 is 0. The van der Waals surface area contributed by atoms with Crippen LogP contribution in [0.2, 0.25) is 0 Å². The van der Waals surface area contributed by atoms with Crippen LogP contribution < -0.4 is 0 Å². The van der Waals surface area contributed by atoms with Crippen LogP contribution in [0.15, 0.2) is 6.20 Å². The van der Waals surface area contributed by atoms with Crippen LogP contribution in [-0.4, -0.2) is 41.0 Å². The summed E-state index contributed by atoms with van der Waals surface area (Å²) in [6, 6.07) is 0. The molecule has 0 saturated carbocycles. The van der Waals surface area contributed by atoms with Crippen molar-refractivity contribution in [1.82, 2.24) is 14.7 Å². The first-order valence-corrected chi connectivity index (χ1v) is 4.24. The molecule has 0 unspecified atom stereocenters. The van der Waals surface area contributed by atoms with Crippen LogP contribution in [0.3, 0.4) is 0 Å². The molecule has 1 radical (unpaired) electrons. The monoisotopic (exact) mass is 249 g/mol.